The first-order valence-corrected chi connectivity index (χ1v) is 7.05. The van der Waals surface area contributed by atoms with Crippen LogP contribution in [0.1, 0.15) is 0 Å². The van der Waals surface area contributed by atoms with Crippen LogP contribution in [0.2, 0.25) is 10.0 Å². The van der Waals surface area contributed by atoms with Crippen molar-refractivity contribution in [1.29, 1.82) is 0 Å². The standard InChI is InChI=1S/C12H14Cl2F3N3O/c13-8-5-18-6-9(14)11(8)20-3-1-19(2-4-20)7-10(21)12(15,16)17/h5-6,10,21H,1-4,7H2/t10-/m1/s1. The van der Waals surface area contributed by atoms with Crippen molar-refractivity contribution in [3.05, 3.63) is 22.4 Å². The van der Waals surface area contributed by atoms with Crippen molar-refractivity contribution in [3.8, 4) is 0 Å². The summed E-state index contributed by atoms with van der Waals surface area (Å²) in [5.41, 5.74) is 0.643. The second-order valence-corrected chi connectivity index (χ2v) is 5.61. The SMILES string of the molecule is O[C@H](CN1CCN(c2c(Cl)cncc2Cl)CC1)C(F)(F)F. The molecule has 4 nitrogen and oxygen atoms in total. The molecular weight excluding hydrogens is 330 g/mol. The number of piperazine rings is 1. The van der Waals surface area contributed by atoms with E-state index in [1.807, 2.05) is 4.90 Å². The molecule has 0 aromatic carbocycles. The monoisotopic (exact) mass is 343 g/mol. The number of aliphatic hydroxyl groups excluding tert-OH is 1. The van der Waals surface area contributed by atoms with Crippen LogP contribution in [-0.4, -0.2) is 60.0 Å². The first kappa shape index (κ1) is 16.6. The van der Waals surface area contributed by atoms with Crippen LogP contribution < -0.4 is 4.90 Å². The van der Waals surface area contributed by atoms with Gasteiger partial charge in [-0.05, 0) is 0 Å². The molecule has 118 valence electrons. The molecule has 1 aromatic rings. The van der Waals surface area contributed by atoms with E-state index in [1.54, 1.807) is 4.90 Å². The molecule has 2 heterocycles. The van der Waals surface area contributed by atoms with Crippen molar-refractivity contribution in [2.45, 2.75) is 12.3 Å². The number of aliphatic hydroxyl groups is 1. The van der Waals surface area contributed by atoms with Crippen molar-refractivity contribution < 1.29 is 18.3 Å². The lowest BCUT2D eigenvalue weighted by atomic mass is 10.2. The predicted molar refractivity (Wildman–Crippen MR) is 75.0 cm³/mol. The fraction of sp³-hybridized carbons (Fsp3) is 0.583. The molecule has 0 spiro atoms. The number of β-amino-alcohol motifs (C(OH)–C–C–N with tert-alkyl or cyclic N) is 1. The number of pyridine rings is 1. The summed E-state index contributed by atoms with van der Waals surface area (Å²) in [5, 5.41) is 9.90. The molecule has 2 rings (SSSR count). The second kappa shape index (κ2) is 6.56. The molecule has 1 fully saturated rings. The van der Waals surface area contributed by atoms with Gasteiger partial charge in [0.05, 0.1) is 15.7 Å². The number of rotatable bonds is 3. The zero-order chi connectivity index (χ0) is 15.6. The van der Waals surface area contributed by atoms with E-state index in [2.05, 4.69) is 4.98 Å². The van der Waals surface area contributed by atoms with Gasteiger partial charge in [0.2, 0.25) is 0 Å². The average Bonchev–Trinajstić information content (AvgIpc) is 2.39. The van der Waals surface area contributed by atoms with Crippen molar-refractivity contribution in [1.82, 2.24) is 9.88 Å². The summed E-state index contributed by atoms with van der Waals surface area (Å²) in [6.07, 6.45) is -3.96. The summed E-state index contributed by atoms with van der Waals surface area (Å²) in [7, 11) is 0. The van der Waals surface area contributed by atoms with Gasteiger partial charge >= 0.3 is 6.18 Å². The van der Waals surface area contributed by atoms with Crippen LogP contribution in [0, 0.1) is 0 Å². The third-order valence-electron chi connectivity index (χ3n) is 3.33. The number of hydrogen-bond donors (Lipinski definition) is 1. The van der Waals surface area contributed by atoms with E-state index in [0.717, 1.165) is 0 Å². The first-order valence-electron chi connectivity index (χ1n) is 6.30. The minimum absolute atomic E-state index is 0.391. The summed E-state index contributed by atoms with van der Waals surface area (Å²) < 4.78 is 37.0. The molecule has 0 saturated carbocycles. The Kier molecular flexibility index (Phi) is 5.19. The molecule has 0 bridgehead atoms. The Morgan fingerprint density at radius 2 is 1.67 bits per heavy atom. The minimum Gasteiger partial charge on any atom is -0.382 e. The van der Waals surface area contributed by atoms with Crippen LogP contribution in [0.5, 0.6) is 0 Å². The van der Waals surface area contributed by atoms with E-state index in [9.17, 15) is 13.2 Å². The lowest BCUT2D eigenvalue weighted by Gasteiger charge is -2.37. The van der Waals surface area contributed by atoms with Gasteiger partial charge in [-0.1, -0.05) is 23.2 Å². The van der Waals surface area contributed by atoms with Crippen LogP contribution in [-0.2, 0) is 0 Å². The molecule has 1 N–H and O–H groups in total. The van der Waals surface area contributed by atoms with Crippen LogP contribution in [0.4, 0.5) is 18.9 Å². The maximum absolute atomic E-state index is 12.3. The van der Waals surface area contributed by atoms with Crippen LogP contribution >= 0.6 is 23.2 Å². The number of aromatic nitrogens is 1. The third kappa shape index (κ3) is 4.12. The highest BCUT2D eigenvalue weighted by Gasteiger charge is 2.39. The van der Waals surface area contributed by atoms with Gasteiger partial charge in [-0.15, -0.1) is 0 Å². The van der Waals surface area contributed by atoms with Gasteiger partial charge in [0.25, 0.3) is 0 Å². The maximum atomic E-state index is 12.3. The molecule has 0 unspecified atom stereocenters. The van der Waals surface area contributed by atoms with Crippen LogP contribution in [0.25, 0.3) is 0 Å². The molecule has 0 amide bonds. The molecule has 9 heteroatoms. The Labute approximate surface area is 130 Å². The van der Waals surface area contributed by atoms with Gasteiger partial charge in [-0.2, -0.15) is 13.2 Å². The van der Waals surface area contributed by atoms with Gasteiger partial charge < -0.3 is 10.0 Å². The van der Waals surface area contributed by atoms with E-state index in [4.69, 9.17) is 28.3 Å². The van der Waals surface area contributed by atoms with E-state index in [1.165, 1.54) is 12.4 Å². The maximum Gasteiger partial charge on any atom is 0.415 e. The predicted octanol–water partition coefficient (Wildman–Crippen LogP) is 2.43. The zero-order valence-electron chi connectivity index (χ0n) is 10.9. The van der Waals surface area contributed by atoms with Crippen LogP contribution in [0.3, 0.4) is 0 Å². The fourth-order valence-electron chi connectivity index (χ4n) is 2.21. The topological polar surface area (TPSA) is 39.6 Å². The number of alkyl halides is 3. The number of halogens is 5. The Morgan fingerprint density at radius 3 is 2.14 bits per heavy atom. The fourth-order valence-corrected chi connectivity index (χ4v) is 2.81. The van der Waals surface area contributed by atoms with E-state index >= 15 is 0 Å². The van der Waals surface area contributed by atoms with Crippen molar-refractivity contribution in [2.75, 3.05) is 37.6 Å². The Balaban J connectivity index is 1.95. The second-order valence-electron chi connectivity index (χ2n) is 4.80. The quantitative estimate of drug-likeness (QED) is 0.914. The molecule has 1 aliphatic heterocycles. The first-order chi connectivity index (χ1) is 9.79. The van der Waals surface area contributed by atoms with Crippen molar-refractivity contribution >= 4 is 28.9 Å². The summed E-state index contributed by atoms with van der Waals surface area (Å²) >= 11 is 12.1. The Hall–Kier alpha value is -0.760. The summed E-state index contributed by atoms with van der Waals surface area (Å²) in [6, 6.07) is 0. The number of anilines is 1. The molecule has 0 radical (unpaired) electrons. The molecule has 1 aliphatic rings. The molecule has 0 aliphatic carbocycles. The van der Waals surface area contributed by atoms with Gasteiger partial charge in [0.15, 0.2) is 6.10 Å². The van der Waals surface area contributed by atoms with Gasteiger partial charge in [-0.3, -0.25) is 9.88 Å². The van der Waals surface area contributed by atoms with E-state index in [-0.39, 0.29) is 0 Å². The number of hydrogen-bond acceptors (Lipinski definition) is 4. The highest BCUT2D eigenvalue weighted by Crippen LogP contribution is 2.33. The molecule has 1 atom stereocenters. The minimum atomic E-state index is -4.59. The smallest absolute Gasteiger partial charge is 0.382 e. The highest BCUT2D eigenvalue weighted by molar-refractivity contribution is 6.38. The molecule has 21 heavy (non-hydrogen) atoms. The molecule has 1 aromatic heterocycles. The van der Waals surface area contributed by atoms with Gasteiger partial charge in [-0.25, -0.2) is 0 Å². The largest absolute Gasteiger partial charge is 0.415 e. The summed E-state index contributed by atoms with van der Waals surface area (Å²) in [4.78, 5) is 7.33. The third-order valence-corrected chi connectivity index (χ3v) is 3.88. The lowest BCUT2D eigenvalue weighted by molar-refractivity contribution is -0.208. The summed E-state index contributed by atoms with van der Waals surface area (Å²) in [6.45, 7) is 1.32. The summed E-state index contributed by atoms with van der Waals surface area (Å²) in [5.74, 6) is 0. The average molecular weight is 344 g/mol. The van der Waals surface area contributed by atoms with Crippen LogP contribution in [0.15, 0.2) is 12.4 Å². The highest BCUT2D eigenvalue weighted by atomic mass is 35.5. The normalized spacial score (nSPS) is 18.9. The molecule has 1 saturated heterocycles. The Morgan fingerprint density at radius 1 is 1.14 bits per heavy atom. The van der Waals surface area contributed by atoms with E-state index < -0.39 is 18.8 Å². The van der Waals surface area contributed by atoms with Crippen molar-refractivity contribution in [3.63, 3.8) is 0 Å². The zero-order valence-corrected chi connectivity index (χ0v) is 12.5. The van der Waals surface area contributed by atoms with Crippen molar-refractivity contribution in [2.24, 2.45) is 0 Å². The number of nitrogens with zero attached hydrogens (tertiary/aromatic N) is 3. The van der Waals surface area contributed by atoms with Gasteiger partial charge in [0.1, 0.15) is 0 Å². The molecular formula is C12H14Cl2F3N3O. The lowest BCUT2D eigenvalue weighted by Crippen LogP contribution is -2.50. The van der Waals surface area contributed by atoms with E-state index in [0.29, 0.717) is 41.9 Å². The Bertz CT molecular complexity index is 473. The van der Waals surface area contributed by atoms with Gasteiger partial charge in [0, 0.05) is 45.1 Å².